The molecule has 0 saturated heterocycles. The summed E-state index contributed by atoms with van der Waals surface area (Å²) in [6.07, 6.45) is 0. The molecule has 0 aliphatic carbocycles. The molecular weight excluding hydrogens is 261 g/mol. The Morgan fingerprint density at radius 3 is 2.65 bits per heavy atom. The van der Waals surface area contributed by atoms with Gasteiger partial charge in [0.25, 0.3) is 0 Å². The maximum absolute atomic E-state index is 14.0. The molecule has 106 valence electrons. The molecule has 0 atom stereocenters. The van der Waals surface area contributed by atoms with Crippen LogP contribution in [-0.4, -0.2) is 23.0 Å². The highest BCUT2D eigenvalue weighted by Gasteiger charge is 2.15. The summed E-state index contributed by atoms with van der Waals surface area (Å²) in [5.74, 6) is -0.316. The highest BCUT2D eigenvalue weighted by atomic mass is 19.1. The van der Waals surface area contributed by atoms with Gasteiger partial charge in [0.2, 0.25) is 0 Å². The fourth-order valence-electron chi connectivity index (χ4n) is 2.05. The average molecular weight is 277 g/mol. The minimum absolute atomic E-state index is 0.301. The summed E-state index contributed by atoms with van der Waals surface area (Å²) in [4.78, 5) is 12.7. The molecule has 0 spiro atoms. The number of carboxylic acids is 1. The summed E-state index contributed by atoms with van der Waals surface area (Å²) < 4.78 is 19.5. The third-order valence-corrected chi connectivity index (χ3v) is 2.97. The molecule has 0 radical (unpaired) electrons. The number of aryl methyl sites for hydroxylation is 1. The van der Waals surface area contributed by atoms with Gasteiger partial charge in [-0.2, -0.15) is 0 Å². The fraction of sp³-hybridized carbons (Fsp3) is 0.267. The molecule has 4 nitrogen and oxygen atoms in total. The normalized spacial score (nSPS) is 11.0. The Morgan fingerprint density at radius 1 is 1.30 bits per heavy atom. The van der Waals surface area contributed by atoms with Gasteiger partial charge in [0.15, 0.2) is 0 Å². The van der Waals surface area contributed by atoms with Crippen molar-refractivity contribution < 1.29 is 18.7 Å². The van der Waals surface area contributed by atoms with Crippen molar-refractivity contribution in [1.29, 1.82) is 0 Å². The first kappa shape index (κ1) is 14.3. The van der Waals surface area contributed by atoms with E-state index in [1.165, 1.54) is 6.07 Å². The van der Waals surface area contributed by atoms with E-state index in [2.05, 4.69) is 0 Å². The van der Waals surface area contributed by atoms with Crippen molar-refractivity contribution in [3.8, 4) is 0 Å². The molecule has 1 aromatic heterocycles. The van der Waals surface area contributed by atoms with Crippen LogP contribution in [0.3, 0.4) is 0 Å². The van der Waals surface area contributed by atoms with E-state index < -0.39 is 11.8 Å². The number of hydrogen-bond donors (Lipinski definition) is 1. The van der Waals surface area contributed by atoms with Crippen molar-refractivity contribution in [2.75, 3.05) is 7.05 Å². The first-order chi connectivity index (χ1) is 9.47. The van der Waals surface area contributed by atoms with Crippen molar-refractivity contribution in [3.63, 3.8) is 0 Å². The highest BCUT2D eigenvalue weighted by molar-refractivity contribution is 5.88. The number of halogens is 1. The van der Waals surface area contributed by atoms with Crippen LogP contribution >= 0.6 is 0 Å². The van der Waals surface area contributed by atoms with Crippen molar-refractivity contribution in [2.24, 2.45) is 0 Å². The molecule has 0 fully saturated rings. The van der Waals surface area contributed by atoms with Crippen molar-refractivity contribution in [3.05, 3.63) is 58.8 Å². The van der Waals surface area contributed by atoms with E-state index in [0.717, 1.165) is 11.5 Å². The van der Waals surface area contributed by atoms with Gasteiger partial charge in [-0.1, -0.05) is 12.1 Å². The standard InChI is InChI=1S/C15H16FNO3/c1-10-6-7-12(20-10)9-17(2)8-11-4-3-5-13(14(11)16)15(18)19/h3-7H,8-9H2,1-2H3,(H,18,19). The summed E-state index contributed by atoms with van der Waals surface area (Å²) in [6.45, 7) is 2.71. The smallest absolute Gasteiger partial charge is 0.338 e. The molecule has 0 unspecified atom stereocenters. The van der Waals surface area contributed by atoms with Crippen LogP contribution in [0.25, 0.3) is 0 Å². The van der Waals surface area contributed by atoms with E-state index in [9.17, 15) is 9.18 Å². The summed E-state index contributed by atoms with van der Waals surface area (Å²) in [5.41, 5.74) is 0.0559. The summed E-state index contributed by atoms with van der Waals surface area (Å²) in [5, 5.41) is 8.89. The van der Waals surface area contributed by atoms with Crippen LogP contribution in [0.1, 0.15) is 27.4 Å². The molecule has 0 saturated carbocycles. The van der Waals surface area contributed by atoms with Gasteiger partial charge in [-0.3, -0.25) is 4.90 Å². The van der Waals surface area contributed by atoms with Crippen LogP contribution in [0.15, 0.2) is 34.7 Å². The molecule has 20 heavy (non-hydrogen) atoms. The average Bonchev–Trinajstić information content (AvgIpc) is 2.77. The Labute approximate surface area is 116 Å². The topological polar surface area (TPSA) is 53.7 Å². The van der Waals surface area contributed by atoms with Crippen molar-refractivity contribution in [1.82, 2.24) is 4.90 Å². The summed E-state index contributed by atoms with van der Waals surface area (Å²) in [7, 11) is 1.82. The molecule has 1 heterocycles. The third-order valence-electron chi connectivity index (χ3n) is 2.97. The first-order valence-corrected chi connectivity index (χ1v) is 6.22. The molecule has 0 bridgehead atoms. The molecule has 0 aliphatic heterocycles. The molecule has 1 N–H and O–H groups in total. The minimum atomic E-state index is -1.26. The lowest BCUT2D eigenvalue weighted by atomic mass is 10.1. The maximum Gasteiger partial charge on any atom is 0.338 e. The molecule has 5 heteroatoms. The second kappa shape index (κ2) is 5.88. The highest BCUT2D eigenvalue weighted by Crippen LogP contribution is 2.16. The Kier molecular flexibility index (Phi) is 4.20. The van der Waals surface area contributed by atoms with Crippen molar-refractivity contribution in [2.45, 2.75) is 20.0 Å². The van der Waals surface area contributed by atoms with E-state index in [4.69, 9.17) is 9.52 Å². The second-order valence-electron chi connectivity index (χ2n) is 4.77. The third kappa shape index (κ3) is 3.24. The zero-order valence-corrected chi connectivity index (χ0v) is 11.4. The Bertz CT molecular complexity index is 621. The lowest BCUT2D eigenvalue weighted by Crippen LogP contribution is -2.18. The monoisotopic (exact) mass is 277 g/mol. The van der Waals surface area contributed by atoms with Gasteiger partial charge in [-0.25, -0.2) is 9.18 Å². The predicted octanol–water partition coefficient (Wildman–Crippen LogP) is 3.06. The molecular formula is C15H16FNO3. The fourth-order valence-corrected chi connectivity index (χ4v) is 2.05. The van der Waals surface area contributed by atoms with Gasteiger partial charge >= 0.3 is 5.97 Å². The largest absolute Gasteiger partial charge is 0.478 e. The zero-order chi connectivity index (χ0) is 14.7. The number of rotatable bonds is 5. The molecule has 2 aromatic rings. The molecule has 0 amide bonds. The predicted molar refractivity (Wildman–Crippen MR) is 72.0 cm³/mol. The van der Waals surface area contributed by atoms with Crippen LogP contribution in [0.5, 0.6) is 0 Å². The SMILES string of the molecule is Cc1ccc(CN(C)Cc2cccc(C(=O)O)c2F)o1. The molecule has 0 aliphatic rings. The van der Waals surface area contributed by atoms with E-state index in [1.54, 1.807) is 12.1 Å². The number of carbonyl (C=O) groups is 1. The van der Waals surface area contributed by atoms with Gasteiger partial charge in [-0.05, 0) is 32.2 Å². The number of hydrogen-bond acceptors (Lipinski definition) is 3. The van der Waals surface area contributed by atoms with Crippen LogP contribution in [0, 0.1) is 12.7 Å². The van der Waals surface area contributed by atoms with Gasteiger partial charge in [0.05, 0.1) is 12.1 Å². The van der Waals surface area contributed by atoms with E-state index >= 15 is 0 Å². The molecule has 1 aromatic carbocycles. The maximum atomic E-state index is 14.0. The molecule has 2 rings (SSSR count). The number of benzene rings is 1. The van der Waals surface area contributed by atoms with E-state index in [1.807, 2.05) is 31.0 Å². The quantitative estimate of drug-likeness (QED) is 0.912. The zero-order valence-electron chi connectivity index (χ0n) is 11.4. The van der Waals surface area contributed by atoms with Crippen LogP contribution in [0.4, 0.5) is 4.39 Å². The number of nitrogens with zero attached hydrogens (tertiary/aromatic N) is 1. The van der Waals surface area contributed by atoms with Crippen LogP contribution in [-0.2, 0) is 13.1 Å². The Balaban J connectivity index is 2.09. The number of aromatic carboxylic acids is 1. The van der Waals surface area contributed by atoms with Gasteiger partial charge in [-0.15, -0.1) is 0 Å². The van der Waals surface area contributed by atoms with Gasteiger partial charge < -0.3 is 9.52 Å². The van der Waals surface area contributed by atoms with Crippen LogP contribution < -0.4 is 0 Å². The Hall–Kier alpha value is -2.14. The van der Waals surface area contributed by atoms with Crippen molar-refractivity contribution >= 4 is 5.97 Å². The Morgan fingerprint density at radius 2 is 2.05 bits per heavy atom. The summed E-state index contributed by atoms with van der Waals surface area (Å²) >= 11 is 0. The first-order valence-electron chi connectivity index (χ1n) is 6.22. The summed E-state index contributed by atoms with van der Waals surface area (Å²) in [6, 6.07) is 8.14. The van der Waals surface area contributed by atoms with E-state index in [0.29, 0.717) is 18.7 Å². The van der Waals surface area contributed by atoms with E-state index in [-0.39, 0.29) is 5.56 Å². The van der Waals surface area contributed by atoms with Gasteiger partial charge in [0.1, 0.15) is 17.3 Å². The minimum Gasteiger partial charge on any atom is -0.478 e. The lowest BCUT2D eigenvalue weighted by Gasteiger charge is -2.16. The number of furan rings is 1. The van der Waals surface area contributed by atoms with Crippen LogP contribution in [0.2, 0.25) is 0 Å². The second-order valence-corrected chi connectivity index (χ2v) is 4.77. The van der Waals surface area contributed by atoms with Gasteiger partial charge in [0, 0.05) is 12.1 Å². The lowest BCUT2D eigenvalue weighted by molar-refractivity contribution is 0.0691. The number of carboxylic acid groups (broad SMARTS) is 1.